The van der Waals surface area contributed by atoms with Crippen LogP contribution in [-0.4, -0.2) is 152 Å². The minimum atomic E-state index is -0.462. The summed E-state index contributed by atoms with van der Waals surface area (Å²) in [5.74, 6) is 2.32. The number of hydrogen-bond donors (Lipinski definition) is 0. The average molecular weight is 1580 g/mol. The van der Waals surface area contributed by atoms with E-state index in [1.165, 1.54) is 16.7 Å². The van der Waals surface area contributed by atoms with Crippen molar-refractivity contribution in [1.82, 2.24) is 103 Å². The molecule has 30 heteroatoms. The summed E-state index contributed by atoms with van der Waals surface area (Å²) < 4.78 is 40.8. The fourth-order valence-corrected chi connectivity index (χ4v) is 16.5. The predicted molar refractivity (Wildman–Crippen MR) is 438 cm³/mol. The molecule has 29 nitrogen and oxygen atoms in total. The highest BCUT2D eigenvalue weighted by Crippen LogP contribution is 2.42. The Balaban J connectivity index is 0.0000000978. The summed E-state index contributed by atoms with van der Waals surface area (Å²) >= 11 is 6.24. The zero-order chi connectivity index (χ0) is 79.3. The molecule has 1 unspecified atom stereocenters. The van der Waals surface area contributed by atoms with E-state index < -0.39 is 5.60 Å². The van der Waals surface area contributed by atoms with Crippen LogP contribution >= 0.6 is 11.6 Å². The van der Waals surface area contributed by atoms with E-state index in [-0.39, 0.29) is 24.4 Å². The van der Waals surface area contributed by atoms with Crippen molar-refractivity contribution >= 4 is 35.2 Å². The number of aromatic nitrogens is 21. The number of nitrogens with zero attached hydrogens (tertiary/aromatic N) is 25. The summed E-state index contributed by atoms with van der Waals surface area (Å²) in [6.45, 7) is 12.1. The summed E-state index contributed by atoms with van der Waals surface area (Å²) in [6, 6.07) is 61.0. The summed E-state index contributed by atoms with van der Waals surface area (Å²) in [5.41, 5.74) is 26.2. The van der Waals surface area contributed by atoms with Crippen LogP contribution in [0.3, 0.4) is 0 Å². The fourth-order valence-electron chi connectivity index (χ4n) is 16.4. The van der Waals surface area contributed by atoms with Crippen LogP contribution in [0.4, 0.5) is 0 Å². The third-order valence-electron chi connectivity index (χ3n) is 22.1. The highest BCUT2D eigenvalue weighted by molar-refractivity contribution is 6.30. The summed E-state index contributed by atoms with van der Waals surface area (Å²) in [5, 5.41) is 34.3. The minimum Gasteiger partial charge on any atom is -0.468 e. The molecule has 9 aromatic heterocycles. The normalized spacial score (nSPS) is 17.4. The molecule has 118 heavy (non-hydrogen) atoms. The van der Waals surface area contributed by atoms with Crippen LogP contribution in [0.1, 0.15) is 146 Å². The van der Waals surface area contributed by atoms with Crippen molar-refractivity contribution in [2.45, 2.75) is 90.3 Å². The van der Waals surface area contributed by atoms with Gasteiger partial charge in [-0.2, -0.15) is 0 Å². The molecule has 8 aliphatic rings. The lowest BCUT2D eigenvalue weighted by molar-refractivity contribution is 0.0970. The molecule has 0 N–H and O–H groups in total. The first-order chi connectivity index (χ1) is 57.8. The zero-order valence-corrected chi connectivity index (χ0v) is 65.2. The van der Waals surface area contributed by atoms with E-state index in [1.807, 2.05) is 152 Å². The van der Waals surface area contributed by atoms with E-state index in [0.29, 0.717) is 73.9 Å². The Morgan fingerprint density at radius 1 is 0.356 bits per heavy atom. The SMILES string of the molecule is Cc1ccc2c(c1)-n1nncc1Cc1c(C3=NC[C@@H](c4ccccc4)O3)ncn1-2.Cc1ccc2c(c1)-n1nncc1Cc1c(C3=NC[C@H](c4ccccc4)O3)ncn1-2.Cc1ccc2c(c1)-n1nncc1Cc1c(C3=N[C@@H](c4ccccc4)C(C)(C)O3)ncn1-2.Clc1ccc2c(c1)-n1nncc1Cc1c(C3=NCC(c4ccccn4)O3)ncn1-2. The average Bonchev–Trinajstić information content (AvgIpc) is 1.61. The molecular weight excluding hydrogens is 1510 g/mol. The van der Waals surface area contributed by atoms with E-state index >= 15 is 0 Å². The molecule has 8 aliphatic heterocycles. The van der Waals surface area contributed by atoms with Crippen LogP contribution in [0.15, 0.2) is 258 Å². The van der Waals surface area contributed by atoms with E-state index in [9.17, 15) is 0 Å². The second-order valence-electron chi connectivity index (χ2n) is 30.3. The maximum atomic E-state index is 6.38. The molecule has 0 amide bonds. The maximum Gasteiger partial charge on any atom is 0.238 e. The highest BCUT2D eigenvalue weighted by Gasteiger charge is 2.43. The van der Waals surface area contributed by atoms with Gasteiger partial charge < -0.3 is 18.9 Å². The van der Waals surface area contributed by atoms with Gasteiger partial charge in [0, 0.05) is 36.9 Å². The van der Waals surface area contributed by atoms with Crippen molar-refractivity contribution in [3.05, 3.63) is 351 Å². The van der Waals surface area contributed by atoms with Gasteiger partial charge in [0.05, 0.1) is 141 Å². The molecule has 0 spiro atoms. The fraction of sp³-hybridized carbons (Fsp3) is 0.193. The van der Waals surface area contributed by atoms with Crippen molar-refractivity contribution in [1.29, 1.82) is 0 Å². The van der Waals surface area contributed by atoms with Gasteiger partial charge in [0.15, 0.2) is 6.10 Å². The Morgan fingerprint density at radius 3 is 1.09 bits per heavy atom. The van der Waals surface area contributed by atoms with Gasteiger partial charge in [0.25, 0.3) is 0 Å². The molecule has 0 saturated heterocycles. The minimum absolute atomic E-state index is 0.0727. The number of aryl methyl sites for hydroxylation is 3. The molecule has 16 aromatic rings. The molecule has 17 heterocycles. The number of fused-ring (bicyclic) bond motifs is 20. The van der Waals surface area contributed by atoms with Gasteiger partial charge in [-0.15, -0.1) is 20.4 Å². The number of imidazole rings is 4. The Hall–Kier alpha value is -14.7. The van der Waals surface area contributed by atoms with Crippen LogP contribution < -0.4 is 0 Å². The molecule has 7 aromatic carbocycles. The molecule has 0 aliphatic carbocycles. The largest absolute Gasteiger partial charge is 0.468 e. The van der Waals surface area contributed by atoms with Gasteiger partial charge in [0.2, 0.25) is 23.6 Å². The number of pyridine rings is 1. The molecule has 0 saturated carbocycles. The van der Waals surface area contributed by atoms with Crippen LogP contribution in [0.25, 0.3) is 45.5 Å². The number of aliphatic imine (C=N–C) groups is 4. The number of hydrogen-bond acceptors (Lipinski definition) is 21. The first-order valence-corrected chi connectivity index (χ1v) is 39.2. The predicted octanol–water partition coefficient (Wildman–Crippen LogP) is 13.3. The lowest BCUT2D eigenvalue weighted by Crippen LogP contribution is -2.28. The highest BCUT2D eigenvalue weighted by atomic mass is 35.5. The Bertz CT molecular complexity index is 6230. The van der Waals surface area contributed by atoms with Crippen LogP contribution in [0, 0.1) is 20.8 Å². The molecule has 24 rings (SSSR count). The lowest BCUT2D eigenvalue weighted by Gasteiger charge is -2.25. The van der Waals surface area contributed by atoms with E-state index in [0.717, 1.165) is 136 Å². The van der Waals surface area contributed by atoms with E-state index in [4.69, 9.17) is 40.5 Å². The van der Waals surface area contributed by atoms with Crippen molar-refractivity contribution in [2.75, 3.05) is 19.6 Å². The van der Waals surface area contributed by atoms with E-state index in [1.54, 1.807) is 18.7 Å². The zero-order valence-electron chi connectivity index (χ0n) is 64.5. The van der Waals surface area contributed by atoms with Gasteiger partial charge in [0.1, 0.15) is 71.9 Å². The van der Waals surface area contributed by atoms with Crippen molar-refractivity contribution in [3.63, 3.8) is 0 Å². The first kappa shape index (κ1) is 71.1. The Labute approximate surface area is 679 Å². The summed E-state index contributed by atoms with van der Waals surface area (Å²) in [6.07, 6.45) is 18.5. The second-order valence-corrected chi connectivity index (χ2v) is 30.7. The smallest absolute Gasteiger partial charge is 0.238 e. The van der Waals surface area contributed by atoms with Gasteiger partial charge in [-0.3, -0.25) is 23.3 Å². The Kier molecular flexibility index (Phi) is 17.4. The van der Waals surface area contributed by atoms with Gasteiger partial charge in [-0.25, -0.2) is 58.6 Å². The van der Waals surface area contributed by atoms with Crippen molar-refractivity contribution in [2.24, 2.45) is 20.0 Å². The van der Waals surface area contributed by atoms with E-state index in [2.05, 4.69) is 215 Å². The van der Waals surface area contributed by atoms with Gasteiger partial charge in [-0.1, -0.05) is 148 Å². The maximum absolute atomic E-state index is 6.38. The molecular formula is C88H72ClN25O4. The third-order valence-corrected chi connectivity index (χ3v) is 22.4. The molecule has 0 radical (unpaired) electrons. The number of ether oxygens (including phenoxy) is 4. The summed E-state index contributed by atoms with van der Waals surface area (Å²) in [7, 11) is 0. The van der Waals surface area contributed by atoms with Crippen LogP contribution in [-0.2, 0) is 44.6 Å². The second kappa shape index (κ2) is 29.0. The van der Waals surface area contributed by atoms with Gasteiger partial charge >= 0.3 is 0 Å². The van der Waals surface area contributed by atoms with Crippen molar-refractivity contribution < 1.29 is 18.9 Å². The third kappa shape index (κ3) is 12.7. The monoisotopic (exact) mass is 1580 g/mol. The quantitative estimate of drug-likeness (QED) is 0.136. The Morgan fingerprint density at radius 2 is 0.703 bits per heavy atom. The number of rotatable bonds is 8. The summed E-state index contributed by atoms with van der Waals surface area (Å²) in [4.78, 5) is 42.1. The van der Waals surface area contributed by atoms with Gasteiger partial charge in [-0.05, 0) is 135 Å². The molecule has 4 atom stereocenters. The first-order valence-electron chi connectivity index (χ1n) is 38.8. The van der Waals surface area contributed by atoms with Crippen molar-refractivity contribution in [3.8, 4) is 45.5 Å². The molecule has 580 valence electrons. The molecule has 0 bridgehead atoms. The van der Waals surface area contributed by atoms with Crippen LogP contribution in [0.2, 0.25) is 5.02 Å². The van der Waals surface area contributed by atoms with Crippen LogP contribution in [0.5, 0.6) is 0 Å². The number of halogens is 1. The molecule has 0 fully saturated rings. The standard InChI is InChI=1S/C24H22N6O.2C22H18N6O.C20H14ClN7O/c1-15-9-10-18-19(11-15)30-17(13-26-28-30)12-20-21(25-14-29(18)20)23-27-22(24(2,3)31-23)16-7-5-4-6-8-16;2*1-14-7-8-17-18(9-14)28-16(11-25-26-28)10-19-21(24-13-27(17)19)22-23-12-20(29-22)15-5-3-2-4-6-15;21-12-4-5-15-16(7-12)28-13(9-25-26-28)8-17-19(24-11-27(15)17)20-23-10-18(29-20)14-3-1-2-6-22-14/h4-11,13-14,22H,12H2,1-3H3;2*2-9,11,13,20H,10,12H2,1H3;1-7,9,11,18H,8,10H2/t22-;2*20-;/m010./s1. The number of benzene rings is 7. The topological polar surface area (TPSA) is 293 Å². The lowest BCUT2D eigenvalue weighted by atomic mass is 9.93.